The maximum absolute atomic E-state index is 13.0. The van der Waals surface area contributed by atoms with Gasteiger partial charge in [0, 0.05) is 19.3 Å². The van der Waals surface area contributed by atoms with Gasteiger partial charge in [0.1, 0.15) is 11.3 Å². The van der Waals surface area contributed by atoms with Crippen molar-refractivity contribution in [2.24, 2.45) is 0 Å². The molecule has 0 aliphatic carbocycles. The standard InChI is InChI=1S/C18H23N3O/c1-5-8-15-17(18(22)20(11-6-2)12-7-3)21-13-14(4)9-10-16(21)19-15/h6-7,9-10,13H,2-3,5,8,11-12H2,1,4H3. The van der Waals surface area contributed by atoms with Crippen LogP contribution < -0.4 is 0 Å². The van der Waals surface area contributed by atoms with Crippen LogP contribution in [-0.2, 0) is 6.42 Å². The monoisotopic (exact) mass is 297 g/mol. The smallest absolute Gasteiger partial charge is 0.273 e. The SMILES string of the molecule is C=CCN(CC=C)C(=O)c1c(CCC)nc2ccc(C)cn12. The van der Waals surface area contributed by atoms with Gasteiger partial charge in [0.05, 0.1) is 5.69 Å². The van der Waals surface area contributed by atoms with E-state index in [2.05, 4.69) is 25.1 Å². The second kappa shape index (κ2) is 7.07. The number of rotatable bonds is 7. The Morgan fingerprint density at radius 1 is 1.32 bits per heavy atom. The molecule has 2 aromatic heterocycles. The van der Waals surface area contributed by atoms with Crippen molar-refractivity contribution in [1.29, 1.82) is 0 Å². The van der Waals surface area contributed by atoms with E-state index in [1.54, 1.807) is 17.1 Å². The maximum Gasteiger partial charge on any atom is 0.273 e. The van der Waals surface area contributed by atoms with Gasteiger partial charge in [-0.2, -0.15) is 0 Å². The predicted molar refractivity (Wildman–Crippen MR) is 90.2 cm³/mol. The lowest BCUT2D eigenvalue weighted by atomic mass is 10.2. The molecule has 0 saturated heterocycles. The van der Waals surface area contributed by atoms with E-state index in [1.165, 1.54) is 0 Å². The van der Waals surface area contributed by atoms with Gasteiger partial charge in [0.25, 0.3) is 5.91 Å². The van der Waals surface area contributed by atoms with Gasteiger partial charge >= 0.3 is 0 Å². The first-order chi connectivity index (χ1) is 10.6. The molecule has 2 aromatic rings. The molecule has 0 bridgehead atoms. The quantitative estimate of drug-likeness (QED) is 0.734. The zero-order valence-corrected chi connectivity index (χ0v) is 13.4. The number of aryl methyl sites for hydroxylation is 2. The van der Waals surface area contributed by atoms with Gasteiger partial charge in [-0.1, -0.05) is 31.6 Å². The summed E-state index contributed by atoms with van der Waals surface area (Å²) in [4.78, 5) is 19.3. The molecule has 0 aliphatic heterocycles. The van der Waals surface area contributed by atoms with Gasteiger partial charge in [-0.25, -0.2) is 4.98 Å². The molecule has 4 nitrogen and oxygen atoms in total. The molecular formula is C18H23N3O. The summed E-state index contributed by atoms with van der Waals surface area (Å²) >= 11 is 0. The van der Waals surface area contributed by atoms with Crippen LogP contribution in [0.4, 0.5) is 0 Å². The Morgan fingerprint density at radius 2 is 2.00 bits per heavy atom. The summed E-state index contributed by atoms with van der Waals surface area (Å²) < 4.78 is 1.90. The maximum atomic E-state index is 13.0. The van der Waals surface area contributed by atoms with Gasteiger partial charge in [-0.05, 0) is 25.0 Å². The minimum Gasteiger partial charge on any atom is -0.330 e. The van der Waals surface area contributed by atoms with Crippen molar-refractivity contribution in [2.45, 2.75) is 26.7 Å². The lowest BCUT2D eigenvalue weighted by Crippen LogP contribution is -2.32. The highest BCUT2D eigenvalue weighted by atomic mass is 16.2. The molecule has 0 aliphatic rings. The van der Waals surface area contributed by atoms with E-state index in [1.807, 2.05) is 29.7 Å². The number of imidazole rings is 1. The Kier molecular flexibility index (Phi) is 5.15. The van der Waals surface area contributed by atoms with Crippen molar-refractivity contribution in [3.8, 4) is 0 Å². The number of hydrogen-bond acceptors (Lipinski definition) is 2. The highest BCUT2D eigenvalue weighted by Crippen LogP contribution is 2.18. The summed E-state index contributed by atoms with van der Waals surface area (Å²) in [6.07, 6.45) is 7.17. The molecule has 0 aromatic carbocycles. The summed E-state index contributed by atoms with van der Waals surface area (Å²) in [6, 6.07) is 3.97. The van der Waals surface area contributed by atoms with Crippen LogP contribution in [0.5, 0.6) is 0 Å². The fourth-order valence-corrected chi connectivity index (χ4v) is 2.54. The zero-order chi connectivity index (χ0) is 16.1. The number of aromatic nitrogens is 2. The predicted octanol–water partition coefficient (Wildman–Crippen LogP) is 3.41. The second-order valence-electron chi connectivity index (χ2n) is 5.38. The second-order valence-corrected chi connectivity index (χ2v) is 5.38. The number of amides is 1. The Hall–Kier alpha value is -2.36. The Balaban J connectivity index is 2.56. The minimum absolute atomic E-state index is 0.0265. The molecule has 116 valence electrons. The molecule has 0 spiro atoms. The van der Waals surface area contributed by atoms with Gasteiger partial charge in [-0.15, -0.1) is 13.2 Å². The van der Waals surface area contributed by atoms with E-state index in [4.69, 9.17) is 0 Å². The van der Waals surface area contributed by atoms with Crippen molar-refractivity contribution < 1.29 is 4.79 Å². The summed E-state index contributed by atoms with van der Waals surface area (Å²) in [7, 11) is 0. The lowest BCUT2D eigenvalue weighted by Gasteiger charge is -2.19. The van der Waals surface area contributed by atoms with E-state index >= 15 is 0 Å². The van der Waals surface area contributed by atoms with Crippen LogP contribution >= 0.6 is 0 Å². The first kappa shape index (κ1) is 16.0. The molecule has 0 atom stereocenters. The normalized spacial score (nSPS) is 10.6. The van der Waals surface area contributed by atoms with Crippen molar-refractivity contribution in [1.82, 2.24) is 14.3 Å². The van der Waals surface area contributed by atoms with Crippen molar-refractivity contribution in [3.05, 3.63) is 60.6 Å². The van der Waals surface area contributed by atoms with Crippen LogP contribution in [0.1, 0.15) is 35.1 Å². The third-order valence-electron chi connectivity index (χ3n) is 3.51. The van der Waals surface area contributed by atoms with E-state index in [0.29, 0.717) is 18.8 Å². The number of fused-ring (bicyclic) bond motifs is 1. The summed E-state index contributed by atoms with van der Waals surface area (Å²) in [5.41, 5.74) is 3.43. The average molecular weight is 297 g/mol. The number of carbonyl (C=O) groups excluding carboxylic acids is 1. The molecule has 0 saturated carbocycles. The molecule has 2 rings (SSSR count). The highest BCUT2D eigenvalue weighted by Gasteiger charge is 2.22. The fourth-order valence-electron chi connectivity index (χ4n) is 2.54. The molecule has 0 unspecified atom stereocenters. The molecule has 0 N–H and O–H groups in total. The minimum atomic E-state index is -0.0265. The molecule has 1 amide bonds. The zero-order valence-electron chi connectivity index (χ0n) is 13.4. The van der Waals surface area contributed by atoms with E-state index in [9.17, 15) is 4.79 Å². The number of hydrogen-bond donors (Lipinski definition) is 0. The van der Waals surface area contributed by atoms with Crippen LogP contribution in [0.2, 0.25) is 0 Å². The van der Waals surface area contributed by atoms with Crippen LogP contribution in [0.15, 0.2) is 43.6 Å². The number of nitrogens with zero attached hydrogens (tertiary/aromatic N) is 3. The largest absolute Gasteiger partial charge is 0.330 e. The van der Waals surface area contributed by atoms with Crippen LogP contribution in [0, 0.1) is 6.92 Å². The summed E-state index contributed by atoms with van der Waals surface area (Å²) in [5.74, 6) is -0.0265. The van der Waals surface area contributed by atoms with Gasteiger partial charge in [0.15, 0.2) is 0 Å². The van der Waals surface area contributed by atoms with Crippen LogP contribution in [0.3, 0.4) is 0 Å². The third-order valence-corrected chi connectivity index (χ3v) is 3.51. The van der Waals surface area contributed by atoms with Crippen molar-refractivity contribution >= 4 is 11.6 Å². The van der Waals surface area contributed by atoms with Crippen molar-refractivity contribution in [2.75, 3.05) is 13.1 Å². The molecular weight excluding hydrogens is 274 g/mol. The van der Waals surface area contributed by atoms with E-state index in [0.717, 1.165) is 29.7 Å². The van der Waals surface area contributed by atoms with Crippen LogP contribution in [0.25, 0.3) is 5.65 Å². The van der Waals surface area contributed by atoms with Crippen LogP contribution in [-0.4, -0.2) is 33.3 Å². The first-order valence-corrected chi connectivity index (χ1v) is 7.61. The van der Waals surface area contributed by atoms with E-state index < -0.39 is 0 Å². The lowest BCUT2D eigenvalue weighted by molar-refractivity contribution is 0.0783. The Labute approximate surface area is 131 Å². The average Bonchev–Trinajstić information content (AvgIpc) is 2.84. The summed E-state index contributed by atoms with van der Waals surface area (Å²) in [5, 5.41) is 0. The van der Waals surface area contributed by atoms with Crippen molar-refractivity contribution in [3.63, 3.8) is 0 Å². The first-order valence-electron chi connectivity index (χ1n) is 7.61. The highest BCUT2D eigenvalue weighted by molar-refractivity contribution is 5.95. The number of pyridine rings is 1. The number of carbonyl (C=O) groups is 1. The van der Waals surface area contributed by atoms with Gasteiger partial charge < -0.3 is 4.90 Å². The van der Waals surface area contributed by atoms with Gasteiger partial charge in [-0.3, -0.25) is 9.20 Å². The van der Waals surface area contributed by atoms with Gasteiger partial charge in [0.2, 0.25) is 0 Å². The fraction of sp³-hybridized carbons (Fsp3) is 0.333. The third kappa shape index (κ3) is 3.11. The molecule has 4 heteroatoms. The topological polar surface area (TPSA) is 37.6 Å². The molecule has 22 heavy (non-hydrogen) atoms. The Morgan fingerprint density at radius 3 is 2.59 bits per heavy atom. The molecule has 0 fully saturated rings. The van der Waals surface area contributed by atoms with E-state index in [-0.39, 0.29) is 5.91 Å². The summed E-state index contributed by atoms with van der Waals surface area (Å²) in [6.45, 7) is 12.6. The molecule has 2 heterocycles. The molecule has 0 radical (unpaired) electrons. The Bertz CT molecular complexity index is 690.